The Morgan fingerprint density at radius 3 is 2.17 bits per heavy atom. The van der Waals surface area contributed by atoms with Gasteiger partial charge in [0, 0.05) is 10.6 Å². The summed E-state index contributed by atoms with van der Waals surface area (Å²) in [7, 11) is -3.48. The fourth-order valence-electron chi connectivity index (χ4n) is 2.91. The van der Waals surface area contributed by atoms with Gasteiger partial charge in [0.15, 0.2) is 9.92 Å². The molecule has 0 saturated heterocycles. The smallest absolute Gasteiger partial charge is 0.354 e. The van der Waals surface area contributed by atoms with E-state index >= 15 is 0 Å². The van der Waals surface area contributed by atoms with Gasteiger partial charge in [0.05, 0.1) is 17.2 Å². The maximum Gasteiger partial charge on any atom is 0.354 e. The second-order valence-corrected chi connectivity index (χ2v) is 11.3. The Bertz CT molecular complexity index is 1080. The first-order valence-electron chi connectivity index (χ1n) is 9.52. The molecule has 2 rings (SSSR count). The fourth-order valence-corrected chi connectivity index (χ4v) is 5.15. The van der Waals surface area contributed by atoms with Crippen molar-refractivity contribution in [1.29, 1.82) is 5.26 Å². The van der Waals surface area contributed by atoms with Crippen LogP contribution in [0.3, 0.4) is 0 Å². The normalized spacial score (nSPS) is 13.8. The van der Waals surface area contributed by atoms with Crippen LogP contribution in [0.1, 0.15) is 74.9 Å². The average molecular weight is 449 g/mol. The largest absolute Gasteiger partial charge is 0.385 e. The highest BCUT2D eigenvalue weighted by Crippen LogP contribution is 2.34. The molecule has 4 N–H and O–H groups in total. The molecule has 1 aromatic carbocycles. The maximum atomic E-state index is 12.9. The average Bonchev–Trinajstić information content (AvgIpc) is 3.12. The molecule has 0 aliphatic rings. The van der Waals surface area contributed by atoms with E-state index in [9.17, 15) is 19.4 Å². The first kappa shape index (κ1) is 24.0. The molecule has 0 aliphatic carbocycles. The lowest BCUT2D eigenvalue weighted by molar-refractivity contribution is 0.0825. The summed E-state index contributed by atoms with van der Waals surface area (Å²) in [6, 6.07) is 7.93. The van der Waals surface area contributed by atoms with Crippen molar-refractivity contribution in [3.05, 3.63) is 45.8 Å². The number of hydrogen-bond acceptors (Lipinski definition) is 5. The Balaban J connectivity index is 2.48. The fraction of sp³-hybridized carbons (Fsp3) is 0.429. The molecule has 162 valence electrons. The molecule has 30 heavy (non-hydrogen) atoms. The number of amides is 2. The minimum absolute atomic E-state index is 0.0416. The number of nitrogens with zero attached hydrogens (tertiary/aromatic N) is 2. The van der Waals surface area contributed by atoms with Gasteiger partial charge in [-0.25, -0.2) is 14.1 Å². The molecule has 2 amide bonds. The minimum atomic E-state index is -3.48. The van der Waals surface area contributed by atoms with Gasteiger partial charge >= 0.3 is 6.03 Å². The van der Waals surface area contributed by atoms with Crippen molar-refractivity contribution in [2.45, 2.75) is 63.2 Å². The maximum absolute atomic E-state index is 12.9. The molecule has 0 fully saturated rings. The second-order valence-electron chi connectivity index (χ2n) is 8.22. The molecule has 0 spiro atoms. The van der Waals surface area contributed by atoms with Gasteiger partial charge in [-0.3, -0.25) is 0 Å². The summed E-state index contributed by atoms with van der Waals surface area (Å²) in [5.41, 5.74) is 1.56. The summed E-state index contributed by atoms with van der Waals surface area (Å²) < 4.78 is 16.8. The first-order chi connectivity index (χ1) is 13.8. The third-order valence-electron chi connectivity index (χ3n) is 4.50. The van der Waals surface area contributed by atoms with Crippen LogP contribution >= 0.6 is 11.3 Å². The number of urea groups is 1. The van der Waals surface area contributed by atoms with Crippen LogP contribution in [0.15, 0.2) is 32.8 Å². The summed E-state index contributed by atoms with van der Waals surface area (Å²) in [5.74, 6) is 0.0833. The number of nitriles is 1. The zero-order chi connectivity index (χ0) is 22.9. The predicted molar refractivity (Wildman–Crippen MR) is 121 cm³/mol. The van der Waals surface area contributed by atoms with Crippen molar-refractivity contribution >= 4 is 33.0 Å². The zero-order valence-electron chi connectivity index (χ0n) is 18.0. The molecule has 0 radical (unpaired) electrons. The number of thiophene rings is 1. The van der Waals surface area contributed by atoms with Gasteiger partial charge in [-0.1, -0.05) is 27.7 Å². The van der Waals surface area contributed by atoms with Gasteiger partial charge in [-0.05, 0) is 61.1 Å². The Labute approximate surface area is 182 Å². The summed E-state index contributed by atoms with van der Waals surface area (Å²) in [5, 5.41) is 28.0. The van der Waals surface area contributed by atoms with E-state index in [1.54, 1.807) is 32.0 Å². The number of carbonyl (C=O) groups is 1. The second kappa shape index (κ2) is 8.86. The van der Waals surface area contributed by atoms with E-state index in [-0.39, 0.29) is 16.0 Å². The molecule has 0 saturated carbocycles. The highest BCUT2D eigenvalue weighted by molar-refractivity contribution is 7.93. The molecule has 0 bridgehead atoms. The Hall–Kier alpha value is -2.25. The number of anilines is 1. The molecule has 1 atom stereocenters. The monoisotopic (exact) mass is 448 g/mol. The molecule has 1 aromatic heterocycles. The molecule has 2 aromatic rings. The van der Waals surface area contributed by atoms with Gasteiger partial charge in [-0.2, -0.15) is 5.26 Å². The van der Waals surface area contributed by atoms with Gasteiger partial charge in [-0.15, -0.1) is 15.7 Å². The van der Waals surface area contributed by atoms with Crippen LogP contribution in [0.2, 0.25) is 0 Å². The molecule has 0 aliphatic heterocycles. The molecule has 0 unspecified atom stereocenters. The van der Waals surface area contributed by atoms with Gasteiger partial charge in [0.25, 0.3) is 0 Å². The molecular formula is C21H28N4O3S2. The molecule has 9 heteroatoms. The quantitative estimate of drug-likeness (QED) is 0.592. The van der Waals surface area contributed by atoms with Crippen molar-refractivity contribution in [3.63, 3.8) is 0 Å². The number of nitrogens with one attached hydrogen (secondary N) is 1. The summed E-state index contributed by atoms with van der Waals surface area (Å²) >= 11 is 1.06. The summed E-state index contributed by atoms with van der Waals surface area (Å²) in [6.07, 6.45) is 0. The van der Waals surface area contributed by atoms with Crippen molar-refractivity contribution in [2.24, 2.45) is 9.50 Å². The van der Waals surface area contributed by atoms with Crippen molar-refractivity contribution in [3.8, 4) is 6.07 Å². The third-order valence-corrected chi connectivity index (χ3v) is 7.80. The summed E-state index contributed by atoms with van der Waals surface area (Å²) in [6.45, 7) is 11.1. The Morgan fingerprint density at radius 2 is 1.77 bits per heavy atom. The number of rotatable bonds is 5. The van der Waals surface area contributed by atoms with Crippen molar-refractivity contribution in [2.75, 3.05) is 5.32 Å². The van der Waals surface area contributed by atoms with E-state index in [1.807, 2.05) is 27.7 Å². The van der Waals surface area contributed by atoms with Gasteiger partial charge in [0.2, 0.25) is 0 Å². The number of benzene rings is 1. The molecule has 1 heterocycles. The van der Waals surface area contributed by atoms with E-state index in [1.165, 1.54) is 6.07 Å². The summed E-state index contributed by atoms with van der Waals surface area (Å²) in [4.78, 5) is 13.2. The standard InChI is InChI=1S/C21H28N4O3S2/c1-12(2)15-9-14(11-22)10-16(13(3)4)19(15)24-20(26)25-30(23,28)18-8-7-17(29-18)21(5,6)27/h7-10,12-13,27H,1-6H3,(H3,23,24,25,26,28)/t30-/m0/s1. The minimum Gasteiger partial charge on any atom is -0.385 e. The van der Waals surface area contributed by atoms with Crippen LogP contribution in [0.25, 0.3) is 0 Å². The van der Waals surface area contributed by atoms with Crippen molar-refractivity contribution < 1.29 is 14.1 Å². The number of aliphatic hydroxyl groups is 1. The lowest BCUT2D eigenvalue weighted by Crippen LogP contribution is -2.18. The Morgan fingerprint density at radius 1 is 1.23 bits per heavy atom. The van der Waals surface area contributed by atoms with Crippen molar-refractivity contribution in [1.82, 2.24) is 0 Å². The molecule has 7 nitrogen and oxygen atoms in total. The van der Waals surface area contributed by atoms with Crippen LogP contribution in [-0.4, -0.2) is 15.3 Å². The topological polar surface area (TPSA) is 129 Å². The predicted octanol–water partition coefficient (Wildman–Crippen LogP) is 5.03. The SMILES string of the molecule is CC(C)c1cc(C#N)cc(C(C)C)c1NC(=O)N=[S@](N)(=O)c1ccc(C(C)(C)O)s1. The van der Waals surface area contributed by atoms with E-state index in [0.717, 1.165) is 22.5 Å². The van der Waals surface area contributed by atoms with E-state index in [2.05, 4.69) is 15.7 Å². The Kier molecular flexibility index (Phi) is 7.09. The van der Waals surface area contributed by atoms with Crippen LogP contribution in [0.4, 0.5) is 10.5 Å². The van der Waals surface area contributed by atoms with Crippen LogP contribution in [-0.2, 0) is 15.5 Å². The molecular weight excluding hydrogens is 420 g/mol. The van der Waals surface area contributed by atoms with E-state index in [4.69, 9.17) is 5.14 Å². The number of carbonyl (C=O) groups excluding carboxylic acids is 1. The van der Waals surface area contributed by atoms with Crippen LogP contribution < -0.4 is 10.5 Å². The highest BCUT2D eigenvalue weighted by Gasteiger charge is 2.23. The third kappa shape index (κ3) is 5.46. The van der Waals surface area contributed by atoms with Crippen LogP contribution in [0, 0.1) is 11.3 Å². The lowest BCUT2D eigenvalue weighted by Gasteiger charge is -2.20. The van der Waals surface area contributed by atoms with E-state index in [0.29, 0.717) is 16.1 Å². The zero-order valence-corrected chi connectivity index (χ0v) is 19.6. The van der Waals surface area contributed by atoms with Crippen LogP contribution in [0.5, 0.6) is 0 Å². The van der Waals surface area contributed by atoms with E-state index < -0.39 is 21.5 Å². The van der Waals surface area contributed by atoms with Gasteiger partial charge in [0.1, 0.15) is 4.21 Å². The first-order valence-corrected chi connectivity index (χ1v) is 11.9. The van der Waals surface area contributed by atoms with Gasteiger partial charge < -0.3 is 10.4 Å². The number of nitrogens with two attached hydrogens (primary N) is 1. The lowest BCUT2D eigenvalue weighted by atomic mass is 9.90. The number of hydrogen-bond donors (Lipinski definition) is 3. The highest BCUT2D eigenvalue weighted by atomic mass is 32.2.